The zero-order valence-electron chi connectivity index (χ0n) is 14.2. The Hall–Kier alpha value is -2.50. The zero-order valence-corrected chi connectivity index (χ0v) is 14.2. The number of esters is 1. The molecule has 0 atom stereocenters. The maximum absolute atomic E-state index is 13.7. The fraction of sp³-hybridized carbons (Fsp3) is 0.316. The van der Waals surface area contributed by atoms with Crippen LogP contribution in [0, 0.1) is 19.7 Å². The van der Waals surface area contributed by atoms with Crippen molar-refractivity contribution in [2.45, 2.75) is 40.2 Å². The first-order chi connectivity index (χ1) is 11.8. The van der Waals surface area contributed by atoms with E-state index in [1.54, 1.807) is 32.0 Å². The first-order valence-electron chi connectivity index (χ1n) is 7.83. The van der Waals surface area contributed by atoms with Crippen molar-refractivity contribution < 1.29 is 27.4 Å². The zero-order chi connectivity index (χ0) is 18.6. The molecule has 0 bridgehead atoms. The van der Waals surface area contributed by atoms with E-state index in [0.29, 0.717) is 11.3 Å². The Kier molecular flexibility index (Phi) is 6.07. The normalized spacial score (nSPS) is 10.8. The maximum atomic E-state index is 13.7. The largest absolute Gasteiger partial charge is 0.488 e. The van der Waals surface area contributed by atoms with E-state index in [1.807, 2.05) is 0 Å². The number of aryl methyl sites for hydroxylation is 2. The van der Waals surface area contributed by atoms with Crippen molar-refractivity contribution >= 4 is 5.97 Å². The van der Waals surface area contributed by atoms with Gasteiger partial charge in [-0.05, 0) is 37.1 Å². The molecule has 0 unspecified atom stereocenters. The predicted molar refractivity (Wildman–Crippen MR) is 87.5 cm³/mol. The number of rotatable bonds is 6. The Morgan fingerprint density at radius 3 is 2.48 bits per heavy atom. The van der Waals surface area contributed by atoms with Crippen molar-refractivity contribution in [1.29, 1.82) is 0 Å². The molecule has 0 saturated heterocycles. The lowest BCUT2D eigenvalue weighted by atomic mass is 10.1. The molecule has 0 aliphatic heterocycles. The molecule has 0 aromatic heterocycles. The van der Waals surface area contributed by atoms with E-state index in [-0.39, 0.29) is 29.9 Å². The lowest BCUT2D eigenvalue weighted by Crippen LogP contribution is -2.10. The summed E-state index contributed by atoms with van der Waals surface area (Å²) in [5.41, 5.74) is 1.06. The third-order valence-corrected chi connectivity index (χ3v) is 3.78. The van der Waals surface area contributed by atoms with Crippen molar-refractivity contribution in [2.75, 3.05) is 0 Å². The lowest BCUT2D eigenvalue weighted by Gasteiger charge is -2.16. The molecule has 0 fully saturated rings. The van der Waals surface area contributed by atoms with Crippen LogP contribution in [0.2, 0.25) is 0 Å². The van der Waals surface area contributed by atoms with Crippen LogP contribution in [0.25, 0.3) is 0 Å². The second-order valence-electron chi connectivity index (χ2n) is 5.61. The third-order valence-electron chi connectivity index (χ3n) is 3.78. The summed E-state index contributed by atoms with van der Waals surface area (Å²) >= 11 is 0. The summed E-state index contributed by atoms with van der Waals surface area (Å²) in [5.74, 6) is -0.963. The number of hydrogen-bond donors (Lipinski definition) is 0. The van der Waals surface area contributed by atoms with E-state index in [0.717, 1.165) is 17.7 Å². The Morgan fingerprint density at radius 2 is 1.84 bits per heavy atom. The molecule has 0 spiro atoms. The molecule has 0 saturated carbocycles. The van der Waals surface area contributed by atoms with Gasteiger partial charge in [0.25, 0.3) is 6.43 Å². The summed E-state index contributed by atoms with van der Waals surface area (Å²) in [7, 11) is 0. The van der Waals surface area contributed by atoms with Gasteiger partial charge in [0, 0.05) is 18.1 Å². The van der Waals surface area contributed by atoms with Gasteiger partial charge < -0.3 is 9.47 Å². The number of carbonyl (C=O) groups is 1. The third kappa shape index (κ3) is 4.53. The molecule has 2 rings (SSSR count). The van der Waals surface area contributed by atoms with Gasteiger partial charge in [-0.2, -0.15) is 0 Å². The number of ether oxygens (including phenoxy) is 2. The molecule has 25 heavy (non-hydrogen) atoms. The minimum Gasteiger partial charge on any atom is -0.488 e. The lowest BCUT2D eigenvalue weighted by molar-refractivity contribution is -0.134. The van der Waals surface area contributed by atoms with Crippen LogP contribution in [0.4, 0.5) is 13.2 Å². The van der Waals surface area contributed by atoms with Crippen LogP contribution in [-0.2, 0) is 11.4 Å². The molecule has 2 aromatic carbocycles. The SMILES string of the molecule is CCC(=O)Oc1cccc(C)c1COc1cc(F)c(C)cc1C(F)F. The molecule has 0 radical (unpaired) electrons. The van der Waals surface area contributed by atoms with Gasteiger partial charge in [0.2, 0.25) is 0 Å². The molecular weight excluding hydrogens is 333 g/mol. The highest BCUT2D eigenvalue weighted by molar-refractivity contribution is 5.72. The maximum Gasteiger partial charge on any atom is 0.310 e. The van der Waals surface area contributed by atoms with Crippen LogP contribution in [0.5, 0.6) is 11.5 Å². The summed E-state index contributed by atoms with van der Waals surface area (Å²) in [5, 5.41) is 0. The van der Waals surface area contributed by atoms with E-state index in [2.05, 4.69) is 0 Å². The second kappa shape index (κ2) is 8.05. The fourth-order valence-corrected chi connectivity index (χ4v) is 2.28. The van der Waals surface area contributed by atoms with E-state index in [9.17, 15) is 18.0 Å². The molecule has 0 aliphatic carbocycles. The Morgan fingerprint density at radius 1 is 1.12 bits per heavy atom. The summed E-state index contributed by atoms with van der Waals surface area (Å²) in [6.45, 7) is 4.74. The minimum atomic E-state index is -2.79. The summed E-state index contributed by atoms with van der Waals surface area (Å²) in [6.07, 6.45) is -2.59. The molecule has 0 amide bonds. The molecule has 3 nitrogen and oxygen atoms in total. The first-order valence-corrected chi connectivity index (χ1v) is 7.83. The Labute approximate surface area is 144 Å². The summed E-state index contributed by atoms with van der Waals surface area (Å²) in [6, 6.07) is 7.12. The average molecular weight is 352 g/mol. The van der Waals surface area contributed by atoms with Gasteiger partial charge in [-0.3, -0.25) is 4.79 Å². The second-order valence-corrected chi connectivity index (χ2v) is 5.61. The highest BCUT2D eigenvalue weighted by Gasteiger charge is 2.18. The van der Waals surface area contributed by atoms with Gasteiger partial charge >= 0.3 is 5.97 Å². The van der Waals surface area contributed by atoms with E-state index < -0.39 is 18.2 Å². The van der Waals surface area contributed by atoms with E-state index >= 15 is 0 Å². The molecule has 2 aromatic rings. The number of carbonyl (C=O) groups excluding carboxylic acids is 1. The number of halogens is 3. The monoisotopic (exact) mass is 352 g/mol. The topological polar surface area (TPSA) is 35.5 Å². The quantitative estimate of drug-likeness (QED) is 0.524. The fourth-order valence-electron chi connectivity index (χ4n) is 2.28. The van der Waals surface area contributed by atoms with Crippen LogP contribution in [0.3, 0.4) is 0 Å². The number of hydrogen-bond acceptors (Lipinski definition) is 3. The standard InChI is InChI=1S/C19H19F3O3/c1-4-18(23)25-16-7-5-6-11(2)14(16)10-24-17-9-15(20)12(3)8-13(17)19(21)22/h5-9,19H,4,10H2,1-3H3. The smallest absolute Gasteiger partial charge is 0.310 e. The van der Waals surface area contributed by atoms with Gasteiger partial charge in [-0.15, -0.1) is 0 Å². The Balaban J connectivity index is 2.30. The van der Waals surface area contributed by atoms with Gasteiger partial charge in [0.15, 0.2) is 0 Å². The minimum absolute atomic E-state index is 0.121. The van der Waals surface area contributed by atoms with Gasteiger partial charge in [-0.25, -0.2) is 13.2 Å². The van der Waals surface area contributed by atoms with Crippen molar-refractivity contribution in [3.8, 4) is 11.5 Å². The van der Waals surface area contributed by atoms with Gasteiger partial charge in [-0.1, -0.05) is 19.1 Å². The Bertz CT molecular complexity index is 773. The van der Waals surface area contributed by atoms with Crippen molar-refractivity contribution in [2.24, 2.45) is 0 Å². The van der Waals surface area contributed by atoms with Crippen molar-refractivity contribution in [3.05, 3.63) is 58.4 Å². The van der Waals surface area contributed by atoms with Crippen LogP contribution in [-0.4, -0.2) is 5.97 Å². The van der Waals surface area contributed by atoms with Gasteiger partial charge in [0.1, 0.15) is 23.9 Å². The van der Waals surface area contributed by atoms with Crippen LogP contribution in [0.15, 0.2) is 30.3 Å². The van der Waals surface area contributed by atoms with Crippen molar-refractivity contribution in [3.63, 3.8) is 0 Å². The van der Waals surface area contributed by atoms with Crippen LogP contribution < -0.4 is 9.47 Å². The number of alkyl halides is 2. The molecule has 0 heterocycles. The van der Waals surface area contributed by atoms with Crippen LogP contribution >= 0.6 is 0 Å². The van der Waals surface area contributed by atoms with Gasteiger partial charge in [0.05, 0.1) is 5.56 Å². The first kappa shape index (κ1) is 18.8. The average Bonchev–Trinajstić information content (AvgIpc) is 2.56. The molecule has 134 valence electrons. The molecule has 0 N–H and O–H groups in total. The summed E-state index contributed by atoms with van der Waals surface area (Å²) in [4.78, 5) is 11.5. The summed E-state index contributed by atoms with van der Waals surface area (Å²) < 4.78 is 50.8. The van der Waals surface area contributed by atoms with E-state index in [1.165, 1.54) is 6.92 Å². The number of benzene rings is 2. The molecule has 0 aliphatic rings. The predicted octanol–water partition coefficient (Wildman–Crippen LogP) is 5.27. The molecular formula is C19H19F3O3. The van der Waals surface area contributed by atoms with Crippen LogP contribution in [0.1, 0.15) is 42.0 Å². The van der Waals surface area contributed by atoms with E-state index in [4.69, 9.17) is 9.47 Å². The highest BCUT2D eigenvalue weighted by Crippen LogP contribution is 2.33. The highest BCUT2D eigenvalue weighted by atomic mass is 19.3. The van der Waals surface area contributed by atoms with Crippen molar-refractivity contribution in [1.82, 2.24) is 0 Å². The molecule has 6 heteroatoms.